The second kappa shape index (κ2) is 6.36. The molecule has 128 valence electrons. The molecule has 2 aliphatic rings. The first kappa shape index (κ1) is 15.9. The lowest BCUT2D eigenvalue weighted by Gasteiger charge is -2.43. The molecule has 1 aromatic carbocycles. The topological polar surface area (TPSA) is 42.3 Å². The van der Waals surface area contributed by atoms with Crippen molar-refractivity contribution in [3.63, 3.8) is 0 Å². The number of rotatable bonds is 2. The Morgan fingerprint density at radius 2 is 1.88 bits per heavy atom. The summed E-state index contributed by atoms with van der Waals surface area (Å²) in [7, 11) is 0. The summed E-state index contributed by atoms with van der Waals surface area (Å²) in [6.07, 6.45) is 5.11. The number of carbonyl (C=O) groups is 1. The van der Waals surface area contributed by atoms with Crippen LogP contribution in [-0.2, 0) is 6.54 Å². The van der Waals surface area contributed by atoms with Gasteiger partial charge in [0.15, 0.2) is 0 Å². The van der Waals surface area contributed by atoms with Crippen LogP contribution in [0.5, 0.6) is 0 Å². The number of carbonyl (C=O) groups excluding carboxylic acids is 1. The number of allylic oxidation sites excluding steroid dienone is 1. The van der Waals surface area contributed by atoms with E-state index in [9.17, 15) is 9.59 Å². The third-order valence-electron chi connectivity index (χ3n) is 5.28. The minimum atomic E-state index is 0.0702. The first-order chi connectivity index (χ1) is 12.2. The fourth-order valence-electron chi connectivity index (χ4n) is 4.30. The fourth-order valence-corrected chi connectivity index (χ4v) is 4.30. The normalized spacial score (nSPS) is 22.0. The number of nitrogens with zero attached hydrogens (tertiary/aromatic N) is 2. The van der Waals surface area contributed by atoms with E-state index in [2.05, 4.69) is 6.08 Å². The van der Waals surface area contributed by atoms with E-state index in [1.807, 2.05) is 58.9 Å². The average Bonchev–Trinajstić information content (AvgIpc) is 2.64. The van der Waals surface area contributed by atoms with Crippen molar-refractivity contribution >= 4 is 12.0 Å². The molecule has 0 radical (unpaired) electrons. The zero-order valence-corrected chi connectivity index (χ0v) is 14.4. The van der Waals surface area contributed by atoms with Crippen LogP contribution in [0.15, 0.2) is 53.3 Å². The molecule has 0 spiro atoms. The van der Waals surface area contributed by atoms with Crippen LogP contribution >= 0.6 is 0 Å². The van der Waals surface area contributed by atoms with Crippen LogP contribution in [0.2, 0.25) is 0 Å². The second-order valence-corrected chi connectivity index (χ2v) is 7.00. The summed E-state index contributed by atoms with van der Waals surface area (Å²) in [6, 6.07) is 13.0. The predicted molar refractivity (Wildman–Crippen MR) is 98.6 cm³/mol. The SMILES string of the molecule is C/C=C/c1ccc(=O)n2c1[C@@H]1C[C@@H](CN(C(=O)c3ccccc3)C1)C2. The summed E-state index contributed by atoms with van der Waals surface area (Å²) >= 11 is 0. The third-order valence-corrected chi connectivity index (χ3v) is 5.28. The van der Waals surface area contributed by atoms with Gasteiger partial charge in [-0.1, -0.05) is 30.4 Å². The highest BCUT2D eigenvalue weighted by atomic mass is 16.2. The molecule has 2 aliphatic heterocycles. The number of amides is 1. The number of benzene rings is 1. The predicted octanol–water partition coefficient (Wildman–Crippen LogP) is 3.14. The summed E-state index contributed by atoms with van der Waals surface area (Å²) < 4.78 is 1.93. The number of piperidine rings is 1. The third kappa shape index (κ3) is 2.82. The van der Waals surface area contributed by atoms with Gasteiger partial charge < -0.3 is 9.47 Å². The largest absolute Gasteiger partial charge is 0.338 e. The number of hydrogen-bond acceptors (Lipinski definition) is 2. The Balaban J connectivity index is 1.70. The summed E-state index contributed by atoms with van der Waals surface area (Å²) in [6.45, 7) is 4.09. The van der Waals surface area contributed by atoms with Crippen LogP contribution in [0, 0.1) is 5.92 Å². The molecule has 2 atom stereocenters. The molecule has 25 heavy (non-hydrogen) atoms. The van der Waals surface area contributed by atoms with Crippen LogP contribution < -0.4 is 5.56 Å². The first-order valence-corrected chi connectivity index (χ1v) is 8.88. The number of likely N-dealkylation sites (tertiary alicyclic amines) is 1. The van der Waals surface area contributed by atoms with Gasteiger partial charge in [0.1, 0.15) is 0 Å². The Bertz CT molecular complexity index is 883. The van der Waals surface area contributed by atoms with Gasteiger partial charge in [0.25, 0.3) is 11.5 Å². The Kier molecular flexibility index (Phi) is 4.04. The summed E-state index contributed by atoms with van der Waals surface area (Å²) in [4.78, 5) is 27.2. The minimum absolute atomic E-state index is 0.0702. The van der Waals surface area contributed by atoms with Gasteiger partial charge in [0.2, 0.25) is 0 Å². The molecule has 0 unspecified atom stereocenters. The molecule has 1 aromatic heterocycles. The highest BCUT2D eigenvalue weighted by molar-refractivity contribution is 5.94. The number of fused-ring (bicyclic) bond motifs is 4. The van der Waals surface area contributed by atoms with Gasteiger partial charge in [-0.25, -0.2) is 0 Å². The van der Waals surface area contributed by atoms with Gasteiger partial charge >= 0.3 is 0 Å². The number of pyridine rings is 1. The van der Waals surface area contributed by atoms with Gasteiger partial charge in [-0.15, -0.1) is 0 Å². The van der Waals surface area contributed by atoms with Crippen LogP contribution in [0.4, 0.5) is 0 Å². The standard InChI is InChI=1S/C21H22N2O2/c1-2-6-16-9-10-19(24)23-13-15-11-18(20(16)23)14-22(12-15)21(25)17-7-4-3-5-8-17/h2-10,15,18H,11-14H2,1H3/b6-2+/t15-,18+/m0/s1. The van der Waals surface area contributed by atoms with Crippen molar-refractivity contribution in [2.24, 2.45) is 5.92 Å². The Morgan fingerprint density at radius 1 is 1.08 bits per heavy atom. The van der Waals surface area contributed by atoms with Gasteiger partial charge in [-0.2, -0.15) is 0 Å². The Hall–Kier alpha value is -2.62. The van der Waals surface area contributed by atoms with E-state index in [4.69, 9.17) is 0 Å². The molecule has 1 fully saturated rings. The smallest absolute Gasteiger partial charge is 0.253 e. The number of aromatic nitrogens is 1. The first-order valence-electron chi connectivity index (χ1n) is 8.88. The van der Waals surface area contributed by atoms with Crippen LogP contribution in [0.1, 0.15) is 40.9 Å². The van der Waals surface area contributed by atoms with Crippen molar-refractivity contribution in [1.29, 1.82) is 0 Å². The molecule has 4 nitrogen and oxygen atoms in total. The maximum Gasteiger partial charge on any atom is 0.253 e. The van der Waals surface area contributed by atoms with E-state index in [0.29, 0.717) is 19.0 Å². The fraction of sp³-hybridized carbons (Fsp3) is 0.333. The molecule has 1 amide bonds. The molecule has 4 heteroatoms. The van der Waals surface area contributed by atoms with Crippen LogP contribution in [0.25, 0.3) is 6.08 Å². The molecule has 4 rings (SSSR count). The van der Waals surface area contributed by atoms with Crippen molar-refractivity contribution in [2.45, 2.75) is 25.8 Å². The van der Waals surface area contributed by atoms with Gasteiger partial charge in [-0.05, 0) is 43.0 Å². The Morgan fingerprint density at radius 3 is 2.64 bits per heavy atom. The lowest BCUT2D eigenvalue weighted by Crippen LogP contribution is -2.49. The minimum Gasteiger partial charge on any atom is -0.338 e. The lowest BCUT2D eigenvalue weighted by molar-refractivity contribution is 0.0594. The molecule has 0 aliphatic carbocycles. The zero-order valence-electron chi connectivity index (χ0n) is 14.4. The van der Waals surface area contributed by atoms with Gasteiger partial charge in [0.05, 0.1) is 0 Å². The molecule has 2 aromatic rings. The molecule has 3 heterocycles. The molecule has 2 bridgehead atoms. The van der Waals surface area contributed by atoms with E-state index in [1.54, 1.807) is 6.07 Å². The Labute approximate surface area is 147 Å². The average molecular weight is 334 g/mol. The lowest BCUT2D eigenvalue weighted by atomic mass is 9.81. The molecule has 0 saturated carbocycles. The molecular weight excluding hydrogens is 312 g/mol. The summed E-state index contributed by atoms with van der Waals surface area (Å²) in [5, 5.41) is 0. The maximum absolute atomic E-state index is 12.9. The van der Waals surface area contributed by atoms with E-state index in [1.165, 1.54) is 0 Å². The van der Waals surface area contributed by atoms with Crippen LogP contribution in [-0.4, -0.2) is 28.5 Å². The van der Waals surface area contributed by atoms with E-state index >= 15 is 0 Å². The van der Waals surface area contributed by atoms with E-state index in [0.717, 1.165) is 29.8 Å². The second-order valence-electron chi connectivity index (χ2n) is 7.00. The zero-order chi connectivity index (χ0) is 17.4. The highest BCUT2D eigenvalue weighted by Crippen LogP contribution is 2.37. The summed E-state index contributed by atoms with van der Waals surface area (Å²) in [5.74, 6) is 0.660. The highest BCUT2D eigenvalue weighted by Gasteiger charge is 2.37. The monoisotopic (exact) mass is 334 g/mol. The molecule has 1 saturated heterocycles. The molecular formula is C21H22N2O2. The molecule has 0 N–H and O–H groups in total. The van der Waals surface area contributed by atoms with Crippen molar-refractivity contribution in [3.05, 3.63) is 75.7 Å². The van der Waals surface area contributed by atoms with Crippen molar-refractivity contribution in [1.82, 2.24) is 9.47 Å². The number of hydrogen-bond donors (Lipinski definition) is 0. The van der Waals surface area contributed by atoms with E-state index in [-0.39, 0.29) is 17.4 Å². The van der Waals surface area contributed by atoms with Gasteiger partial charge in [0, 0.05) is 42.9 Å². The summed E-state index contributed by atoms with van der Waals surface area (Å²) in [5.41, 5.74) is 2.99. The maximum atomic E-state index is 12.9. The van der Waals surface area contributed by atoms with Crippen LogP contribution in [0.3, 0.4) is 0 Å². The quantitative estimate of drug-likeness (QED) is 0.847. The van der Waals surface area contributed by atoms with Crippen molar-refractivity contribution in [3.8, 4) is 0 Å². The van der Waals surface area contributed by atoms with Crippen molar-refractivity contribution in [2.75, 3.05) is 13.1 Å². The van der Waals surface area contributed by atoms with E-state index < -0.39 is 0 Å². The van der Waals surface area contributed by atoms with Crippen molar-refractivity contribution < 1.29 is 4.79 Å². The van der Waals surface area contributed by atoms with Gasteiger partial charge in [-0.3, -0.25) is 9.59 Å².